The molecule has 0 fully saturated rings. The molecule has 1 aliphatic rings. The highest BCUT2D eigenvalue weighted by molar-refractivity contribution is 9.10. The molecule has 0 bridgehead atoms. The normalized spacial score (nSPS) is 14.1. The van der Waals surface area contributed by atoms with Gasteiger partial charge >= 0.3 is 0 Å². The van der Waals surface area contributed by atoms with E-state index in [2.05, 4.69) is 35.6 Å². The second-order valence-electron chi connectivity index (χ2n) is 5.93. The minimum atomic E-state index is -1.02. The molecule has 0 aliphatic carbocycles. The Bertz CT molecular complexity index is 443. The summed E-state index contributed by atoms with van der Waals surface area (Å²) in [6, 6.07) is 5.10. The predicted octanol–water partition coefficient (Wildman–Crippen LogP) is 4.08. The monoisotopic (exact) mass is 344 g/mol. The van der Waals surface area contributed by atoms with Crippen molar-refractivity contribution in [2.45, 2.75) is 32.1 Å². The number of halogens is 1. The fraction of sp³-hybridized carbons (Fsp3) is 0.571. The van der Waals surface area contributed by atoms with Crippen LogP contribution in [0.2, 0.25) is 25.7 Å². The van der Waals surface area contributed by atoms with Gasteiger partial charge in [0.2, 0.25) is 0 Å². The lowest BCUT2D eigenvalue weighted by atomic mass is 10.1. The highest BCUT2D eigenvalue weighted by atomic mass is 79.9. The van der Waals surface area contributed by atoms with Gasteiger partial charge in [-0.05, 0) is 34.1 Å². The lowest BCUT2D eigenvalue weighted by Crippen LogP contribution is -2.22. The Labute approximate surface area is 124 Å². The number of hydrogen-bond donors (Lipinski definition) is 0. The van der Waals surface area contributed by atoms with Crippen molar-refractivity contribution in [2.24, 2.45) is 0 Å². The van der Waals surface area contributed by atoms with E-state index in [4.69, 9.17) is 14.2 Å². The molecule has 1 heterocycles. The lowest BCUT2D eigenvalue weighted by Gasteiger charge is -2.16. The van der Waals surface area contributed by atoms with Gasteiger partial charge in [0.15, 0.2) is 6.79 Å². The van der Waals surface area contributed by atoms with Crippen LogP contribution in [-0.2, 0) is 11.2 Å². The molecule has 0 radical (unpaired) electrons. The van der Waals surface area contributed by atoms with Crippen LogP contribution in [0.1, 0.15) is 5.56 Å². The zero-order valence-electron chi connectivity index (χ0n) is 11.8. The van der Waals surface area contributed by atoms with Gasteiger partial charge in [-0.25, -0.2) is 0 Å². The van der Waals surface area contributed by atoms with E-state index >= 15 is 0 Å². The number of ether oxygens (including phenoxy) is 3. The highest BCUT2D eigenvalue weighted by Gasteiger charge is 2.19. The van der Waals surface area contributed by atoms with E-state index in [9.17, 15) is 0 Å². The average molecular weight is 345 g/mol. The van der Waals surface area contributed by atoms with Crippen LogP contribution in [0, 0.1) is 0 Å². The third-order valence-electron chi connectivity index (χ3n) is 3.06. The maximum atomic E-state index is 5.76. The standard InChI is InChI=1S/C14H21BrO3Si/c1-19(2,3)9-8-16-10-18-14-11-6-7-17-13(11)5-4-12(14)15/h4-5H,6-10H2,1-3H3. The van der Waals surface area contributed by atoms with Gasteiger partial charge in [-0.2, -0.15) is 0 Å². The average Bonchev–Trinajstić information content (AvgIpc) is 2.78. The molecule has 5 heteroatoms. The van der Waals surface area contributed by atoms with Crippen molar-refractivity contribution >= 4 is 24.0 Å². The Morgan fingerprint density at radius 1 is 1.32 bits per heavy atom. The smallest absolute Gasteiger partial charge is 0.189 e. The van der Waals surface area contributed by atoms with Crippen molar-refractivity contribution in [3.05, 3.63) is 22.2 Å². The van der Waals surface area contributed by atoms with Crippen molar-refractivity contribution in [3.63, 3.8) is 0 Å². The van der Waals surface area contributed by atoms with Crippen molar-refractivity contribution in [3.8, 4) is 11.5 Å². The van der Waals surface area contributed by atoms with E-state index in [1.807, 2.05) is 12.1 Å². The molecule has 0 aromatic heterocycles. The summed E-state index contributed by atoms with van der Waals surface area (Å²) in [5, 5.41) is 0. The fourth-order valence-electron chi connectivity index (χ4n) is 1.91. The van der Waals surface area contributed by atoms with Crippen molar-refractivity contribution in [1.29, 1.82) is 0 Å². The summed E-state index contributed by atoms with van der Waals surface area (Å²) in [4.78, 5) is 0. The van der Waals surface area contributed by atoms with Crippen LogP contribution in [0.15, 0.2) is 16.6 Å². The second kappa shape index (κ2) is 6.28. The Morgan fingerprint density at radius 3 is 2.84 bits per heavy atom. The van der Waals surface area contributed by atoms with Crippen molar-refractivity contribution in [2.75, 3.05) is 20.0 Å². The zero-order valence-corrected chi connectivity index (χ0v) is 14.4. The summed E-state index contributed by atoms with van der Waals surface area (Å²) in [7, 11) is -1.02. The molecule has 0 saturated heterocycles. The molecular weight excluding hydrogens is 324 g/mol. The minimum Gasteiger partial charge on any atom is -0.493 e. The van der Waals surface area contributed by atoms with Gasteiger partial charge in [-0.3, -0.25) is 0 Å². The Kier molecular flexibility index (Phi) is 4.92. The number of rotatable bonds is 6. The van der Waals surface area contributed by atoms with E-state index in [0.29, 0.717) is 6.79 Å². The highest BCUT2D eigenvalue weighted by Crippen LogP contribution is 2.38. The molecule has 2 rings (SSSR count). The number of benzene rings is 1. The molecule has 19 heavy (non-hydrogen) atoms. The number of hydrogen-bond acceptors (Lipinski definition) is 3. The van der Waals surface area contributed by atoms with Gasteiger partial charge in [0.05, 0.1) is 11.1 Å². The molecule has 0 spiro atoms. The summed E-state index contributed by atoms with van der Waals surface area (Å²) in [6.07, 6.45) is 0.902. The molecule has 0 atom stereocenters. The van der Waals surface area contributed by atoms with Crippen LogP contribution < -0.4 is 9.47 Å². The van der Waals surface area contributed by atoms with Crippen molar-refractivity contribution < 1.29 is 14.2 Å². The quantitative estimate of drug-likeness (QED) is 0.442. The van der Waals surface area contributed by atoms with E-state index < -0.39 is 8.07 Å². The molecule has 0 amide bonds. The van der Waals surface area contributed by atoms with Crippen LogP contribution in [0.3, 0.4) is 0 Å². The van der Waals surface area contributed by atoms with Gasteiger partial charge in [0, 0.05) is 26.7 Å². The summed E-state index contributed by atoms with van der Waals surface area (Å²) in [5.41, 5.74) is 1.14. The third kappa shape index (κ3) is 4.23. The maximum absolute atomic E-state index is 5.76. The SMILES string of the molecule is C[Si](C)(C)CCOCOc1c(Br)ccc2c1CCO2. The molecule has 0 N–H and O–H groups in total. The summed E-state index contributed by atoms with van der Waals surface area (Å²) in [6.45, 7) is 8.84. The van der Waals surface area contributed by atoms with Gasteiger partial charge in [0.25, 0.3) is 0 Å². The Hall–Kier alpha value is -0.523. The maximum Gasteiger partial charge on any atom is 0.189 e. The molecule has 1 aromatic rings. The van der Waals surface area contributed by atoms with Crippen LogP contribution in [0.4, 0.5) is 0 Å². The first-order chi connectivity index (χ1) is 8.97. The Morgan fingerprint density at radius 2 is 2.11 bits per heavy atom. The second-order valence-corrected chi connectivity index (χ2v) is 12.4. The van der Waals surface area contributed by atoms with Gasteiger partial charge in [0.1, 0.15) is 11.5 Å². The first kappa shape index (κ1) is 14.9. The first-order valence-electron chi connectivity index (χ1n) is 6.62. The van der Waals surface area contributed by atoms with Gasteiger partial charge in [-0.15, -0.1) is 0 Å². The molecule has 3 nitrogen and oxygen atoms in total. The topological polar surface area (TPSA) is 27.7 Å². The van der Waals surface area contributed by atoms with E-state index in [-0.39, 0.29) is 0 Å². The number of fused-ring (bicyclic) bond motifs is 1. The molecule has 0 unspecified atom stereocenters. The summed E-state index contributed by atoms with van der Waals surface area (Å²) < 4.78 is 17.8. The van der Waals surface area contributed by atoms with Crippen LogP contribution in [0.5, 0.6) is 11.5 Å². The molecule has 1 aliphatic heterocycles. The van der Waals surface area contributed by atoms with Crippen LogP contribution >= 0.6 is 15.9 Å². The molecular formula is C14H21BrO3Si. The summed E-state index contributed by atoms with van der Waals surface area (Å²) in [5.74, 6) is 1.79. The van der Waals surface area contributed by atoms with E-state index in [1.165, 1.54) is 0 Å². The van der Waals surface area contributed by atoms with Crippen molar-refractivity contribution in [1.82, 2.24) is 0 Å². The van der Waals surface area contributed by atoms with Crippen LogP contribution in [0.25, 0.3) is 0 Å². The lowest BCUT2D eigenvalue weighted by molar-refractivity contribution is 0.0211. The third-order valence-corrected chi connectivity index (χ3v) is 5.39. The fourth-order valence-corrected chi connectivity index (χ4v) is 3.15. The Balaban J connectivity index is 1.85. The summed E-state index contributed by atoms with van der Waals surface area (Å²) >= 11 is 3.52. The van der Waals surface area contributed by atoms with Gasteiger partial charge < -0.3 is 14.2 Å². The molecule has 106 valence electrons. The molecule has 1 aromatic carbocycles. The van der Waals surface area contributed by atoms with E-state index in [0.717, 1.165) is 47.2 Å². The van der Waals surface area contributed by atoms with E-state index in [1.54, 1.807) is 0 Å². The molecule has 0 saturated carbocycles. The largest absolute Gasteiger partial charge is 0.493 e. The zero-order chi connectivity index (χ0) is 13.9. The minimum absolute atomic E-state index is 0.305. The van der Waals surface area contributed by atoms with Gasteiger partial charge in [-0.1, -0.05) is 19.6 Å². The predicted molar refractivity (Wildman–Crippen MR) is 82.9 cm³/mol. The first-order valence-corrected chi connectivity index (χ1v) is 11.1. The van der Waals surface area contributed by atoms with Crippen LogP contribution in [-0.4, -0.2) is 28.1 Å².